The quantitative estimate of drug-likeness (QED) is 0.509. The van der Waals surface area contributed by atoms with Crippen molar-refractivity contribution in [1.29, 1.82) is 0 Å². The fourth-order valence-electron chi connectivity index (χ4n) is 2.73. The van der Waals surface area contributed by atoms with Gasteiger partial charge < -0.3 is 0 Å². The number of primary sulfonamides is 1. The molecule has 144 valence electrons. The molecule has 0 spiro atoms. The number of benzene rings is 2. The summed E-state index contributed by atoms with van der Waals surface area (Å²) in [5.41, 5.74) is 4.07. The molecule has 2 heterocycles. The molecule has 2 amide bonds. The summed E-state index contributed by atoms with van der Waals surface area (Å²) in [6.07, 6.45) is 2.48. The highest BCUT2D eigenvalue weighted by Gasteiger charge is 2.21. The Hall–Kier alpha value is -3.14. The highest BCUT2D eigenvalue weighted by molar-refractivity contribution is 7.89. The third-order valence-corrected chi connectivity index (χ3v) is 4.92. The van der Waals surface area contributed by atoms with Gasteiger partial charge in [-0.3, -0.25) is 9.59 Å². The number of nitrogens with two attached hydrogens (primary N) is 1. The van der Waals surface area contributed by atoms with Crippen molar-refractivity contribution in [3.8, 4) is 0 Å². The number of fused-ring (bicyclic) bond motifs is 2. The zero-order valence-corrected chi connectivity index (χ0v) is 15.8. The van der Waals surface area contributed by atoms with Crippen LogP contribution in [0.2, 0.25) is 0 Å². The van der Waals surface area contributed by atoms with Crippen molar-refractivity contribution < 1.29 is 18.0 Å². The fourth-order valence-corrected chi connectivity index (χ4v) is 3.47. The molecule has 0 fully saturated rings. The lowest BCUT2D eigenvalue weighted by Crippen LogP contribution is -2.42. The summed E-state index contributed by atoms with van der Waals surface area (Å²) in [4.78, 5) is 26.0. The predicted octanol–water partition coefficient (Wildman–Crippen LogP) is 1.47. The van der Waals surface area contributed by atoms with Crippen molar-refractivity contribution in [2.24, 2.45) is 5.14 Å². The van der Waals surface area contributed by atoms with E-state index in [0.717, 1.165) is 15.9 Å². The van der Waals surface area contributed by atoms with Gasteiger partial charge in [-0.05, 0) is 24.3 Å². The topological polar surface area (TPSA) is 122 Å². The molecule has 1 aliphatic heterocycles. The SMILES string of the molecule is CCNN1C(=O)C=CC1=O.NS(=O)(=O)c1cccc2nc3ccccc3cc12. The molecule has 4 rings (SSSR count). The molecule has 1 aromatic heterocycles. The molecular formula is C19H18N4O4S. The maximum absolute atomic E-state index is 11.5. The van der Waals surface area contributed by atoms with Crippen molar-refractivity contribution in [3.63, 3.8) is 0 Å². The van der Waals surface area contributed by atoms with Crippen molar-refractivity contribution in [2.45, 2.75) is 11.8 Å². The maximum Gasteiger partial charge on any atom is 0.268 e. The number of carbonyl (C=O) groups excluding carboxylic acids is 2. The van der Waals surface area contributed by atoms with Gasteiger partial charge in [0.05, 0.1) is 15.9 Å². The number of hydrogen-bond donors (Lipinski definition) is 2. The third-order valence-electron chi connectivity index (χ3n) is 3.95. The maximum atomic E-state index is 11.5. The Morgan fingerprint density at radius 2 is 1.64 bits per heavy atom. The highest BCUT2D eigenvalue weighted by atomic mass is 32.2. The first-order chi connectivity index (χ1) is 13.3. The molecule has 2 aromatic carbocycles. The fraction of sp³-hybridized carbons (Fsp3) is 0.105. The number of rotatable bonds is 3. The second kappa shape index (κ2) is 7.85. The Kier molecular flexibility index (Phi) is 5.50. The molecule has 3 N–H and O–H groups in total. The van der Waals surface area contributed by atoms with Crippen molar-refractivity contribution in [3.05, 3.63) is 60.7 Å². The van der Waals surface area contributed by atoms with E-state index in [-0.39, 0.29) is 16.7 Å². The number of nitrogens with one attached hydrogen (secondary N) is 1. The molecule has 0 radical (unpaired) electrons. The minimum atomic E-state index is -3.74. The average molecular weight is 398 g/mol. The van der Waals surface area contributed by atoms with Gasteiger partial charge in [-0.25, -0.2) is 29.0 Å². The molecule has 0 saturated carbocycles. The summed E-state index contributed by atoms with van der Waals surface area (Å²) in [6.45, 7) is 2.39. The molecule has 3 aromatic rings. The van der Waals surface area contributed by atoms with Crippen LogP contribution >= 0.6 is 0 Å². The molecule has 1 aliphatic rings. The van der Waals surface area contributed by atoms with Gasteiger partial charge in [-0.1, -0.05) is 31.2 Å². The van der Waals surface area contributed by atoms with Crippen LogP contribution in [0.3, 0.4) is 0 Å². The first-order valence-corrected chi connectivity index (χ1v) is 9.97. The summed E-state index contributed by atoms with van der Waals surface area (Å²) in [5.74, 6) is -0.598. The molecule has 0 aliphatic carbocycles. The van der Waals surface area contributed by atoms with Crippen LogP contribution in [0.15, 0.2) is 65.6 Å². The van der Waals surface area contributed by atoms with Crippen LogP contribution in [-0.2, 0) is 19.6 Å². The van der Waals surface area contributed by atoms with Crippen molar-refractivity contribution >= 4 is 43.6 Å². The summed E-state index contributed by atoms with van der Waals surface area (Å²) < 4.78 is 23.1. The van der Waals surface area contributed by atoms with Crippen LogP contribution in [0.4, 0.5) is 0 Å². The van der Waals surface area contributed by atoms with Gasteiger partial charge in [0.25, 0.3) is 11.8 Å². The summed E-state index contributed by atoms with van der Waals surface area (Å²) in [7, 11) is -3.74. The van der Waals surface area contributed by atoms with Gasteiger partial charge in [0.2, 0.25) is 10.0 Å². The molecule has 9 heteroatoms. The van der Waals surface area contributed by atoms with Crippen molar-refractivity contribution in [1.82, 2.24) is 15.4 Å². The minimum absolute atomic E-state index is 0.109. The smallest absolute Gasteiger partial charge is 0.268 e. The van der Waals surface area contributed by atoms with Gasteiger partial charge in [0.1, 0.15) is 0 Å². The molecule has 0 saturated heterocycles. The average Bonchev–Trinajstić information content (AvgIpc) is 2.98. The van der Waals surface area contributed by atoms with E-state index in [2.05, 4.69) is 10.4 Å². The second-order valence-electron chi connectivity index (χ2n) is 5.91. The Morgan fingerprint density at radius 3 is 2.29 bits per heavy atom. The zero-order chi connectivity index (χ0) is 20.3. The largest absolute Gasteiger partial charge is 0.268 e. The van der Waals surface area contributed by atoms with Gasteiger partial charge >= 0.3 is 0 Å². The van der Waals surface area contributed by atoms with E-state index in [0.29, 0.717) is 17.4 Å². The lowest BCUT2D eigenvalue weighted by molar-refractivity contribution is -0.140. The van der Waals surface area contributed by atoms with E-state index in [4.69, 9.17) is 5.14 Å². The lowest BCUT2D eigenvalue weighted by atomic mass is 10.1. The Morgan fingerprint density at radius 1 is 1.00 bits per heavy atom. The number of para-hydroxylation sites is 1. The first kappa shape index (κ1) is 19.6. The Bertz CT molecular complexity index is 1190. The van der Waals surface area contributed by atoms with E-state index in [1.807, 2.05) is 31.2 Å². The standard InChI is InChI=1S/C13H10N2O2S.C6H8N2O2/c14-18(16,17)13-7-3-6-12-10(13)8-9-4-1-2-5-11(9)15-12;1-2-7-8-5(9)3-4-6(8)10/h1-8H,(H2,14,16,17);3-4,7H,2H2,1H3. The lowest BCUT2D eigenvalue weighted by Gasteiger charge is -2.12. The van der Waals surface area contributed by atoms with Crippen LogP contribution < -0.4 is 10.6 Å². The summed E-state index contributed by atoms with van der Waals surface area (Å²) in [5, 5.41) is 7.64. The second-order valence-corrected chi connectivity index (χ2v) is 7.44. The summed E-state index contributed by atoms with van der Waals surface area (Å²) >= 11 is 0. The zero-order valence-electron chi connectivity index (χ0n) is 15.0. The molecule has 0 unspecified atom stereocenters. The van der Waals surface area contributed by atoms with Crippen molar-refractivity contribution in [2.75, 3.05) is 6.54 Å². The number of hydrazine groups is 1. The van der Waals surface area contributed by atoms with E-state index >= 15 is 0 Å². The number of carbonyl (C=O) groups is 2. The van der Waals surface area contributed by atoms with Crippen LogP contribution in [0.25, 0.3) is 21.8 Å². The number of amides is 2. The van der Waals surface area contributed by atoms with Gasteiger partial charge in [-0.2, -0.15) is 0 Å². The van der Waals surface area contributed by atoms with Gasteiger partial charge in [-0.15, -0.1) is 0 Å². The molecular weight excluding hydrogens is 380 g/mol. The number of nitrogens with zero attached hydrogens (tertiary/aromatic N) is 2. The number of hydrogen-bond acceptors (Lipinski definition) is 6. The van der Waals surface area contributed by atoms with E-state index < -0.39 is 10.0 Å². The predicted molar refractivity (Wildman–Crippen MR) is 105 cm³/mol. The van der Waals surface area contributed by atoms with Crippen LogP contribution in [0, 0.1) is 0 Å². The molecule has 0 atom stereocenters. The van der Waals surface area contributed by atoms with E-state index in [9.17, 15) is 18.0 Å². The van der Waals surface area contributed by atoms with Gasteiger partial charge in [0, 0.05) is 29.5 Å². The number of aromatic nitrogens is 1. The van der Waals surface area contributed by atoms with E-state index in [1.54, 1.807) is 18.2 Å². The highest BCUT2D eigenvalue weighted by Crippen LogP contribution is 2.24. The van der Waals surface area contributed by atoms with E-state index in [1.165, 1.54) is 18.2 Å². The van der Waals surface area contributed by atoms with Crippen LogP contribution in [0.5, 0.6) is 0 Å². The monoisotopic (exact) mass is 398 g/mol. The van der Waals surface area contributed by atoms with Crippen LogP contribution in [-0.4, -0.2) is 36.8 Å². The molecule has 28 heavy (non-hydrogen) atoms. The Labute approximate surface area is 161 Å². The molecule has 0 bridgehead atoms. The normalized spacial score (nSPS) is 13.9. The molecule has 8 nitrogen and oxygen atoms in total. The first-order valence-electron chi connectivity index (χ1n) is 8.42. The third kappa shape index (κ3) is 4.06. The van der Waals surface area contributed by atoms with Crippen LogP contribution in [0.1, 0.15) is 6.92 Å². The number of imide groups is 1. The Balaban J connectivity index is 0.000000192. The minimum Gasteiger partial charge on any atom is -0.268 e. The van der Waals surface area contributed by atoms with Gasteiger partial charge in [0.15, 0.2) is 0 Å². The number of sulfonamides is 1. The number of pyridine rings is 1. The summed E-state index contributed by atoms with van der Waals surface area (Å²) in [6, 6.07) is 14.3.